The van der Waals surface area contributed by atoms with Gasteiger partial charge in [0, 0.05) is 18.0 Å². The molecule has 0 fully saturated rings. The van der Waals surface area contributed by atoms with E-state index in [2.05, 4.69) is 25.3 Å². The number of imidazole rings is 1. The third-order valence-corrected chi connectivity index (χ3v) is 5.53. The molecule has 0 aliphatic heterocycles. The van der Waals surface area contributed by atoms with Crippen LogP contribution >= 0.6 is 34.4 Å². The van der Waals surface area contributed by atoms with Crippen molar-refractivity contribution in [3.8, 4) is 11.3 Å². The van der Waals surface area contributed by atoms with E-state index in [0.717, 1.165) is 29.9 Å². The normalized spacial score (nSPS) is 11.3. The van der Waals surface area contributed by atoms with Crippen molar-refractivity contribution < 1.29 is 0 Å². The lowest BCUT2D eigenvalue weighted by Gasteiger charge is -1.92. The zero-order chi connectivity index (χ0) is 14.2. The minimum atomic E-state index is 0.859. The Hall–Kier alpha value is -1.84. The van der Waals surface area contributed by atoms with Gasteiger partial charge in [-0.05, 0) is 30.8 Å². The van der Waals surface area contributed by atoms with Crippen LogP contribution < -0.4 is 0 Å². The predicted molar refractivity (Wildman–Crippen MR) is 82.9 cm³/mol. The molecule has 21 heavy (non-hydrogen) atoms. The van der Waals surface area contributed by atoms with Gasteiger partial charge >= 0.3 is 0 Å². The van der Waals surface area contributed by atoms with Gasteiger partial charge in [-0.15, -0.1) is 15.3 Å². The molecule has 0 saturated heterocycles. The van der Waals surface area contributed by atoms with E-state index in [1.807, 2.05) is 25.3 Å². The van der Waals surface area contributed by atoms with Crippen LogP contribution in [0, 0.1) is 6.92 Å². The standard InChI is InChI=1S/C12H8N6S3/c1-7-15-16-11(19-7)21-12-17-18-6-9(14-10(18)20-12)8-3-2-4-13-5-8/h2-6H,1H3. The lowest BCUT2D eigenvalue weighted by molar-refractivity contribution is 0.912. The second-order valence-electron chi connectivity index (χ2n) is 4.15. The predicted octanol–water partition coefficient (Wildman–Crippen LogP) is 3.16. The van der Waals surface area contributed by atoms with E-state index in [1.165, 1.54) is 23.1 Å². The summed E-state index contributed by atoms with van der Waals surface area (Å²) in [6.07, 6.45) is 5.46. The third-order valence-electron chi connectivity index (χ3n) is 2.66. The lowest BCUT2D eigenvalue weighted by Crippen LogP contribution is -1.81. The minimum Gasteiger partial charge on any atom is -0.264 e. The number of aromatic nitrogens is 6. The summed E-state index contributed by atoms with van der Waals surface area (Å²) in [6.45, 7) is 1.94. The summed E-state index contributed by atoms with van der Waals surface area (Å²) >= 11 is 4.62. The van der Waals surface area contributed by atoms with Gasteiger partial charge < -0.3 is 0 Å². The van der Waals surface area contributed by atoms with Gasteiger partial charge in [0.2, 0.25) is 4.96 Å². The van der Waals surface area contributed by atoms with E-state index in [-0.39, 0.29) is 0 Å². The molecule has 0 unspecified atom stereocenters. The average molecular weight is 332 g/mol. The zero-order valence-electron chi connectivity index (χ0n) is 10.8. The van der Waals surface area contributed by atoms with Crippen molar-refractivity contribution in [2.24, 2.45) is 0 Å². The topological polar surface area (TPSA) is 68.9 Å². The Morgan fingerprint density at radius 1 is 1.19 bits per heavy atom. The van der Waals surface area contributed by atoms with Crippen LogP contribution in [-0.2, 0) is 0 Å². The van der Waals surface area contributed by atoms with Crippen molar-refractivity contribution in [3.05, 3.63) is 35.7 Å². The SMILES string of the molecule is Cc1nnc(Sc2nn3cc(-c4cccnc4)nc3s2)s1. The number of nitrogens with zero attached hydrogens (tertiary/aromatic N) is 6. The zero-order valence-corrected chi connectivity index (χ0v) is 13.2. The van der Waals surface area contributed by atoms with Crippen molar-refractivity contribution in [3.63, 3.8) is 0 Å². The van der Waals surface area contributed by atoms with E-state index in [1.54, 1.807) is 28.2 Å². The summed E-state index contributed by atoms with van der Waals surface area (Å²) in [5.41, 5.74) is 1.87. The average Bonchev–Trinajstić information content (AvgIpc) is 3.15. The number of fused-ring (bicyclic) bond motifs is 1. The number of pyridine rings is 1. The molecule has 0 aliphatic rings. The number of hydrogen-bond acceptors (Lipinski definition) is 8. The maximum atomic E-state index is 4.58. The summed E-state index contributed by atoms with van der Waals surface area (Å²) in [6, 6.07) is 3.88. The van der Waals surface area contributed by atoms with Crippen molar-refractivity contribution in [2.45, 2.75) is 15.6 Å². The molecule has 6 nitrogen and oxygen atoms in total. The summed E-state index contributed by atoms with van der Waals surface area (Å²) in [7, 11) is 0. The first-order chi connectivity index (χ1) is 10.3. The van der Waals surface area contributed by atoms with Crippen LogP contribution in [0.5, 0.6) is 0 Å². The second-order valence-corrected chi connectivity index (χ2v) is 7.78. The Morgan fingerprint density at radius 2 is 2.14 bits per heavy atom. The molecule has 4 aromatic heterocycles. The molecule has 0 saturated carbocycles. The second kappa shape index (κ2) is 5.17. The fraction of sp³-hybridized carbons (Fsp3) is 0.0833. The van der Waals surface area contributed by atoms with Crippen molar-refractivity contribution in [1.29, 1.82) is 0 Å². The highest BCUT2D eigenvalue weighted by Crippen LogP contribution is 2.33. The Balaban J connectivity index is 1.64. The number of hydrogen-bond donors (Lipinski definition) is 0. The van der Waals surface area contributed by atoms with Gasteiger partial charge in [-0.25, -0.2) is 9.50 Å². The first-order valence-corrected chi connectivity index (χ1v) is 8.47. The first-order valence-electron chi connectivity index (χ1n) is 6.02. The largest absolute Gasteiger partial charge is 0.264 e. The molecular weight excluding hydrogens is 324 g/mol. The quantitative estimate of drug-likeness (QED) is 0.574. The van der Waals surface area contributed by atoms with E-state index in [9.17, 15) is 0 Å². The van der Waals surface area contributed by atoms with Crippen LogP contribution in [0.25, 0.3) is 16.2 Å². The molecule has 0 amide bonds. The van der Waals surface area contributed by atoms with Crippen LogP contribution in [0.1, 0.15) is 5.01 Å². The highest BCUT2D eigenvalue weighted by atomic mass is 32.2. The molecule has 0 aliphatic carbocycles. The fourth-order valence-corrected chi connectivity index (χ4v) is 4.71. The Kier molecular flexibility index (Phi) is 3.17. The molecule has 4 heterocycles. The number of aryl methyl sites for hydroxylation is 1. The van der Waals surface area contributed by atoms with E-state index < -0.39 is 0 Å². The summed E-state index contributed by atoms with van der Waals surface area (Å²) < 4.78 is 3.60. The summed E-state index contributed by atoms with van der Waals surface area (Å²) in [5.74, 6) is 0. The Bertz CT molecular complexity index is 863. The van der Waals surface area contributed by atoms with Gasteiger partial charge in [0.1, 0.15) is 5.01 Å². The molecule has 0 aromatic carbocycles. The summed E-state index contributed by atoms with van der Waals surface area (Å²) in [4.78, 5) is 9.55. The highest BCUT2D eigenvalue weighted by molar-refractivity contribution is 8.02. The molecule has 4 rings (SSSR count). The maximum Gasteiger partial charge on any atom is 0.213 e. The van der Waals surface area contributed by atoms with Crippen molar-refractivity contribution >= 4 is 39.4 Å². The van der Waals surface area contributed by atoms with Gasteiger partial charge in [0.15, 0.2) is 8.68 Å². The molecule has 104 valence electrons. The van der Waals surface area contributed by atoms with E-state index in [0.29, 0.717) is 0 Å². The molecule has 0 bridgehead atoms. The van der Waals surface area contributed by atoms with Gasteiger partial charge in [-0.3, -0.25) is 4.98 Å². The molecule has 0 atom stereocenters. The molecule has 0 N–H and O–H groups in total. The van der Waals surface area contributed by atoms with E-state index >= 15 is 0 Å². The van der Waals surface area contributed by atoms with Crippen molar-refractivity contribution in [1.82, 2.24) is 29.8 Å². The molecule has 4 aromatic rings. The van der Waals surface area contributed by atoms with Gasteiger partial charge in [-0.1, -0.05) is 22.7 Å². The van der Waals surface area contributed by atoms with Crippen LogP contribution in [0.2, 0.25) is 0 Å². The van der Waals surface area contributed by atoms with Crippen LogP contribution in [0.15, 0.2) is 39.4 Å². The van der Waals surface area contributed by atoms with Gasteiger partial charge in [-0.2, -0.15) is 0 Å². The number of rotatable bonds is 3. The smallest absolute Gasteiger partial charge is 0.213 e. The maximum absolute atomic E-state index is 4.58. The lowest BCUT2D eigenvalue weighted by atomic mass is 10.2. The molecule has 0 radical (unpaired) electrons. The third kappa shape index (κ3) is 2.55. The van der Waals surface area contributed by atoms with Crippen molar-refractivity contribution in [2.75, 3.05) is 0 Å². The van der Waals surface area contributed by atoms with Gasteiger partial charge in [0.05, 0.1) is 11.9 Å². The Morgan fingerprint density at radius 3 is 2.86 bits per heavy atom. The van der Waals surface area contributed by atoms with Crippen LogP contribution in [-0.4, -0.2) is 29.8 Å². The minimum absolute atomic E-state index is 0.859. The van der Waals surface area contributed by atoms with Gasteiger partial charge in [0.25, 0.3) is 0 Å². The molecular formula is C12H8N6S3. The van der Waals surface area contributed by atoms with Crippen LogP contribution in [0.3, 0.4) is 0 Å². The van der Waals surface area contributed by atoms with Crippen LogP contribution in [0.4, 0.5) is 0 Å². The summed E-state index contributed by atoms with van der Waals surface area (Å²) in [5, 5.41) is 13.6. The molecule has 0 spiro atoms. The Labute approximate surface area is 131 Å². The molecule has 9 heteroatoms. The first kappa shape index (κ1) is 12.9. The fourth-order valence-electron chi connectivity index (χ4n) is 1.77. The highest BCUT2D eigenvalue weighted by Gasteiger charge is 2.12. The van der Waals surface area contributed by atoms with E-state index in [4.69, 9.17) is 0 Å². The monoisotopic (exact) mass is 332 g/mol.